The maximum Gasteiger partial charge on any atom is 0.191 e. The number of hydrogen-bond donors (Lipinski definition) is 2. The van der Waals surface area contributed by atoms with Crippen LogP contribution in [-0.2, 0) is 13.0 Å². The number of thiazole rings is 1. The molecular formula is C16H22BrIN4S. The average molecular weight is 509 g/mol. The second-order valence-electron chi connectivity index (χ2n) is 4.98. The number of aryl methyl sites for hydroxylation is 2. The molecule has 0 saturated heterocycles. The van der Waals surface area contributed by atoms with Gasteiger partial charge in [-0.15, -0.1) is 35.3 Å². The Labute approximate surface area is 167 Å². The molecule has 0 amide bonds. The van der Waals surface area contributed by atoms with Crippen LogP contribution in [0.2, 0.25) is 0 Å². The average Bonchev–Trinajstić information content (AvgIpc) is 2.83. The number of rotatable bonds is 5. The van der Waals surface area contributed by atoms with Crippen LogP contribution in [0.15, 0.2) is 33.7 Å². The summed E-state index contributed by atoms with van der Waals surface area (Å²) in [6.07, 6.45) is 0.915. The van der Waals surface area contributed by atoms with Crippen LogP contribution in [0.5, 0.6) is 0 Å². The van der Waals surface area contributed by atoms with E-state index in [9.17, 15) is 0 Å². The lowest BCUT2D eigenvalue weighted by Gasteiger charge is -2.11. The van der Waals surface area contributed by atoms with Gasteiger partial charge in [0.15, 0.2) is 5.96 Å². The number of nitrogens with one attached hydrogen (secondary N) is 2. The number of halogens is 2. The van der Waals surface area contributed by atoms with Gasteiger partial charge in [-0.2, -0.15) is 0 Å². The van der Waals surface area contributed by atoms with Crippen molar-refractivity contribution in [3.05, 3.63) is 49.9 Å². The van der Waals surface area contributed by atoms with E-state index in [-0.39, 0.29) is 24.0 Å². The van der Waals surface area contributed by atoms with Crippen molar-refractivity contribution in [2.75, 3.05) is 13.6 Å². The normalized spacial score (nSPS) is 11.0. The quantitative estimate of drug-likeness (QED) is 0.364. The third-order valence-corrected chi connectivity index (χ3v) is 4.96. The van der Waals surface area contributed by atoms with E-state index >= 15 is 0 Å². The van der Waals surface area contributed by atoms with Gasteiger partial charge in [-0.1, -0.05) is 28.1 Å². The highest BCUT2D eigenvalue weighted by Crippen LogP contribution is 2.16. The Morgan fingerprint density at radius 1 is 1.22 bits per heavy atom. The monoisotopic (exact) mass is 508 g/mol. The Kier molecular flexibility index (Phi) is 9.08. The number of hydrogen-bond acceptors (Lipinski definition) is 3. The molecule has 1 aromatic heterocycles. The van der Waals surface area contributed by atoms with E-state index in [1.807, 2.05) is 12.1 Å². The molecular weight excluding hydrogens is 487 g/mol. The molecule has 23 heavy (non-hydrogen) atoms. The molecule has 2 rings (SSSR count). The summed E-state index contributed by atoms with van der Waals surface area (Å²) in [6, 6.07) is 8.26. The molecule has 0 unspecified atom stereocenters. The molecule has 1 aromatic carbocycles. The van der Waals surface area contributed by atoms with Gasteiger partial charge < -0.3 is 10.6 Å². The van der Waals surface area contributed by atoms with Crippen molar-refractivity contribution in [3.63, 3.8) is 0 Å². The van der Waals surface area contributed by atoms with Gasteiger partial charge in [-0.25, -0.2) is 4.98 Å². The lowest BCUT2D eigenvalue weighted by Crippen LogP contribution is -2.37. The zero-order chi connectivity index (χ0) is 15.9. The minimum absolute atomic E-state index is 0. The summed E-state index contributed by atoms with van der Waals surface area (Å²) in [5, 5.41) is 7.81. The molecule has 0 saturated carbocycles. The predicted octanol–water partition coefficient (Wildman–Crippen LogP) is 4.05. The van der Waals surface area contributed by atoms with Crippen molar-refractivity contribution in [1.82, 2.24) is 15.6 Å². The van der Waals surface area contributed by atoms with Crippen LogP contribution in [0.1, 0.15) is 21.1 Å². The van der Waals surface area contributed by atoms with E-state index in [2.05, 4.69) is 62.5 Å². The predicted molar refractivity (Wildman–Crippen MR) is 113 cm³/mol. The third kappa shape index (κ3) is 6.76. The fourth-order valence-electron chi connectivity index (χ4n) is 1.94. The van der Waals surface area contributed by atoms with Gasteiger partial charge in [0.05, 0.1) is 10.7 Å². The second kappa shape index (κ2) is 10.2. The number of aromatic nitrogens is 1. The fourth-order valence-corrected chi connectivity index (χ4v) is 3.14. The zero-order valence-electron chi connectivity index (χ0n) is 13.5. The Morgan fingerprint density at radius 3 is 2.48 bits per heavy atom. The summed E-state index contributed by atoms with van der Waals surface area (Å²) in [4.78, 5) is 10.1. The van der Waals surface area contributed by atoms with Crippen LogP contribution in [-0.4, -0.2) is 24.5 Å². The van der Waals surface area contributed by atoms with Crippen molar-refractivity contribution in [3.8, 4) is 0 Å². The first kappa shape index (κ1) is 20.4. The van der Waals surface area contributed by atoms with Crippen molar-refractivity contribution < 1.29 is 0 Å². The minimum atomic E-state index is 0. The van der Waals surface area contributed by atoms with Crippen molar-refractivity contribution in [2.45, 2.75) is 26.8 Å². The van der Waals surface area contributed by atoms with Crippen molar-refractivity contribution >= 4 is 57.2 Å². The molecule has 7 heteroatoms. The first-order valence-electron chi connectivity index (χ1n) is 7.20. The lowest BCUT2D eigenvalue weighted by molar-refractivity contribution is 0.791. The van der Waals surface area contributed by atoms with Gasteiger partial charge in [-0.05, 0) is 31.5 Å². The summed E-state index contributed by atoms with van der Waals surface area (Å²) in [5.74, 6) is 0.813. The molecule has 0 atom stereocenters. The van der Waals surface area contributed by atoms with Gasteiger partial charge >= 0.3 is 0 Å². The van der Waals surface area contributed by atoms with Crippen molar-refractivity contribution in [1.29, 1.82) is 0 Å². The maximum atomic E-state index is 4.55. The summed E-state index contributed by atoms with van der Waals surface area (Å²) in [6.45, 7) is 5.75. The molecule has 0 aliphatic rings. The third-order valence-electron chi connectivity index (χ3n) is 3.30. The molecule has 0 aliphatic heterocycles. The number of aliphatic imine (C=N–C) groups is 1. The second-order valence-corrected chi connectivity index (χ2v) is 7.18. The minimum Gasteiger partial charge on any atom is -0.356 e. The van der Waals surface area contributed by atoms with E-state index in [0.29, 0.717) is 0 Å². The molecule has 2 N–H and O–H groups in total. The summed E-state index contributed by atoms with van der Waals surface area (Å²) >= 11 is 5.21. The molecule has 2 aromatic rings. The van der Waals surface area contributed by atoms with Gasteiger partial charge in [0.25, 0.3) is 0 Å². The van der Waals surface area contributed by atoms with Gasteiger partial charge in [0.2, 0.25) is 0 Å². The Hall–Kier alpha value is -0.670. The van der Waals surface area contributed by atoms with Gasteiger partial charge in [0.1, 0.15) is 0 Å². The SMILES string of the molecule is CN=C(NCCc1nc(C)c(C)s1)NCc1ccc(Br)cc1.I. The molecule has 0 spiro atoms. The van der Waals surface area contributed by atoms with Crippen LogP contribution >= 0.6 is 51.2 Å². The smallest absolute Gasteiger partial charge is 0.191 e. The zero-order valence-corrected chi connectivity index (χ0v) is 18.3. The summed E-state index contributed by atoms with van der Waals surface area (Å²) in [7, 11) is 1.79. The fraction of sp³-hybridized carbons (Fsp3) is 0.375. The van der Waals surface area contributed by atoms with E-state index in [0.717, 1.165) is 35.6 Å². The molecule has 126 valence electrons. The number of guanidine groups is 1. The van der Waals surface area contributed by atoms with E-state index in [4.69, 9.17) is 0 Å². The van der Waals surface area contributed by atoms with Crippen LogP contribution in [0, 0.1) is 13.8 Å². The number of benzene rings is 1. The van der Waals surface area contributed by atoms with Crippen LogP contribution in [0.25, 0.3) is 0 Å². The van der Waals surface area contributed by atoms with E-state index in [1.54, 1.807) is 18.4 Å². The Bertz CT molecular complexity index is 621. The van der Waals surface area contributed by atoms with Crippen molar-refractivity contribution in [2.24, 2.45) is 4.99 Å². The first-order valence-corrected chi connectivity index (χ1v) is 8.81. The highest BCUT2D eigenvalue weighted by Gasteiger charge is 2.04. The molecule has 1 heterocycles. The standard InChI is InChI=1S/C16H21BrN4S.HI/c1-11-12(2)22-15(21-11)8-9-19-16(18-3)20-10-13-4-6-14(17)7-5-13;/h4-7H,8-10H2,1-3H3,(H2,18,19,20);1H. The molecule has 0 radical (unpaired) electrons. The maximum absolute atomic E-state index is 4.55. The van der Waals surface area contributed by atoms with Crippen LogP contribution < -0.4 is 10.6 Å². The highest BCUT2D eigenvalue weighted by molar-refractivity contribution is 14.0. The molecule has 0 bridgehead atoms. The summed E-state index contributed by atoms with van der Waals surface area (Å²) < 4.78 is 1.09. The Morgan fingerprint density at radius 2 is 1.91 bits per heavy atom. The molecule has 0 aliphatic carbocycles. The van der Waals surface area contributed by atoms with Crippen LogP contribution in [0.4, 0.5) is 0 Å². The number of nitrogens with zero attached hydrogens (tertiary/aromatic N) is 2. The van der Waals surface area contributed by atoms with Gasteiger partial charge in [0, 0.05) is 35.9 Å². The highest BCUT2D eigenvalue weighted by atomic mass is 127. The Balaban J connectivity index is 0.00000264. The summed E-state index contributed by atoms with van der Waals surface area (Å²) in [5.41, 5.74) is 2.36. The lowest BCUT2D eigenvalue weighted by atomic mass is 10.2. The first-order chi connectivity index (χ1) is 10.6. The molecule has 4 nitrogen and oxygen atoms in total. The molecule has 0 fully saturated rings. The van der Waals surface area contributed by atoms with Crippen LogP contribution in [0.3, 0.4) is 0 Å². The largest absolute Gasteiger partial charge is 0.356 e. The van der Waals surface area contributed by atoms with E-state index in [1.165, 1.54) is 15.4 Å². The topological polar surface area (TPSA) is 49.3 Å². The van der Waals surface area contributed by atoms with Gasteiger partial charge in [-0.3, -0.25) is 4.99 Å². The van der Waals surface area contributed by atoms with E-state index < -0.39 is 0 Å².